The Morgan fingerprint density at radius 2 is 2.10 bits per heavy atom. The van der Waals surface area contributed by atoms with E-state index in [9.17, 15) is 13.2 Å². The van der Waals surface area contributed by atoms with Crippen LogP contribution in [0.5, 0.6) is 5.75 Å². The van der Waals surface area contributed by atoms with E-state index in [0.717, 1.165) is 6.26 Å². The van der Waals surface area contributed by atoms with Crippen LogP contribution in [0, 0.1) is 0 Å². The van der Waals surface area contributed by atoms with Crippen molar-refractivity contribution in [3.8, 4) is 5.75 Å². The number of carbonyl (C=O) groups excluding carboxylic acids is 1. The number of rotatable bonds is 8. The van der Waals surface area contributed by atoms with Crippen molar-refractivity contribution in [2.75, 3.05) is 26.5 Å². The van der Waals surface area contributed by atoms with Crippen LogP contribution in [0.3, 0.4) is 0 Å². The molecule has 2 N–H and O–H groups in total. The van der Waals surface area contributed by atoms with E-state index >= 15 is 0 Å². The van der Waals surface area contributed by atoms with Crippen molar-refractivity contribution < 1.29 is 17.9 Å². The summed E-state index contributed by atoms with van der Waals surface area (Å²) in [6.07, 6.45) is 1.86. The number of carbonyl (C=O) groups is 1. The van der Waals surface area contributed by atoms with E-state index in [2.05, 4.69) is 0 Å². The molecule has 1 aromatic rings. The number of amides is 1. The van der Waals surface area contributed by atoms with Gasteiger partial charge in [0.1, 0.15) is 5.75 Å². The Balaban J connectivity index is 2.45. The molecule has 0 heterocycles. The molecule has 0 fully saturated rings. The second-order valence-electron chi connectivity index (χ2n) is 5.01. The zero-order valence-electron chi connectivity index (χ0n) is 12.6. The van der Waals surface area contributed by atoms with Gasteiger partial charge in [0.05, 0.1) is 17.5 Å². The number of nitrogens with zero attached hydrogens (tertiary/aromatic N) is 1. The Kier molecular flexibility index (Phi) is 6.17. The lowest BCUT2D eigenvalue weighted by Crippen LogP contribution is -2.40. The summed E-state index contributed by atoms with van der Waals surface area (Å²) in [5.74, 6) is 0.155. The molecule has 1 aromatic carbocycles. The number of sulfone groups is 1. The van der Waals surface area contributed by atoms with Gasteiger partial charge in [0.25, 0.3) is 0 Å². The molecule has 21 heavy (non-hydrogen) atoms. The third-order valence-electron chi connectivity index (χ3n) is 3.23. The highest BCUT2D eigenvalue weighted by molar-refractivity contribution is 7.90. The lowest BCUT2D eigenvalue weighted by Gasteiger charge is -2.21. The summed E-state index contributed by atoms with van der Waals surface area (Å²) in [7, 11) is -1.41. The van der Waals surface area contributed by atoms with Gasteiger partial charge in [-0.25, -0.2) is 8.42 Å². The average molecular weight is 314 g/mol. The lowest BCUT2D eigenvalue weighted by atomic mass is 10.2. The quantitative estimate of drug-likeness (QED) is 0.712. The Labute approximate surface area is 125 Å². The fourth-order valence-corrected chi connectivity index (χ4v) is 2.37. The Bertz CT molecular complexity index is 586. The van der Waals surface area contributed by atoms with E-state index in [1.807, 2.05) is 11.9 Å². The highest BCUT2D eigenvalue weighted by atomic mass is 32.2. The number of benzene rings is 1. The molecule has 1 atom stereocenters. The van der Waals surface area contributed by atoms with Gasteiger partial charge in [-0.15, -0.1) is 0 Å². The van der Waals surface area contributed by atoms with Crippen molar-refractivity contribution in [2.45, 2.75) is 24.3 Å². The minimum atomic E-state index is -3.23. The molecule has 0 aliphatic heterocycles. The van der Waals surface area contributed by atoms with Gasteiger partial charge < -0.3 is 10.5 Å². The predicted molar refractivity (Wildman–Crippen MR) is 81.0 cm³/mol. The van der Waals surface area contributed by atoms with Crippen molar-refractivity contribution in [1.82, 2.24) is 4.90 Å². The van der Waals surface area contributed by atoms with Gasteiger partial charge in [-0.05, 0) is 38.6 Å². The molecule has 0 unspecified atom stereocenters. The first-order valence-corrected chi connectivity index (χ1v) is 8.53. The van der Waals surface area contributed by atoms with E-state index < -0.39 is 9.84 Å². The molecule has 1 amide bonds. The van der Waals surface area contributed by atoms with Gasteiger partial charge in [-0.3, -0.25) is 9.69 Å². The molecule has 0 aromatic heterocycles. The highest BCUT2D eigenvalue weighted by Crippen LogP contribution is 2.17. The molecular weight excluding hydrogens is 292 g/mol. The Morgan fingerprint density at radius 3 is 2.67 bits per heavy atom. The summed E-state index contributed by atoms with van der Waals surface area (Å²) in [5, 5.41) is 0. The molecule has 0 bridgehead atoms. The summed E-state index contributed by atoms with van der Waals surface area (Å²) in [6.45, 7) is 2.84. The number of hydrogen-bond donors (Lipinski definition) is 1. The smallest absolute Gasteiger partial charge is 0.234 e. The van der Waals surface area contributed by atoms with Crippen LogP contribution in [0.2, 0.25) is 0 Å². The zero-order chi connectivity index (χ0) is 16.0. The van der Waals surface area contributed by atoms with Crippen LogP contribution in [0.15, 0.2) is 29.2 Å². The first-order chi connectivity index (χ1) is 9.71. The van der Waals surface area contributed by atoms with E-state index in [4.69, 9.17) is 10.5 Å². The van der Waals surface area contributed by atoms with Crippen LogP contribution in [0.4, 0.5) is 0 Å². The molecule has 6 nitrogen and oxygen atoms in total. The largest absolute Gasteiger partial charge is 0.494 e. The van der Waals surface area contributed by atoms with Crippen LogP contribution in [0.1, 0.15) is 13.3 Å². The lowest BCUT2D eigenvalue weighted by molar-refractivity contribution is -0.122. The molecule has 0 saturated carbocycles. The van der Waals surface area contributed by atoms with Crippen LogP contribution >= 0.6 is 0 Å². The van der Waals surface area contributed by atoms with Crippen molar-refractivity contribution in [3.05, 3.63) is 24.3 Å². The molecule has 0 radical (unpaired) electrons. The number of primary amides is 1. The fourth-order valence-electron chi connectivity index (χ4n) is 1.71. The van der Waals surface area contributed by atoms with Crippen LogP contribution in [0.25, 0.3) is 0 Å². The second kappa shape index (κ2) is 7.42. The van der Waals surface area contributed by atoms with Crippen molar-refractivity contribution in [2.24, 2.45) is 5.73 Å². The van der Waals surface area contributed by atoms with Gasteiger partial charge in [0.15, 0.2) is 9.84 Å². The predicted octanol–water partition coefficient (Wildman–Crippen LogP) is 0.665. The minimum Gasteiger partial charge on any atom is -0.494 e. The van der Waals surface area contributed by atoms with Crippen LogP contribution in [-0.4, -0.2) is 51.7 Å². The Morgan fingerprint density at radius 1 is 1.43 bits per heavy atom. The van der Waals surface area contributed by atoms with Crippen molar-refractivity contribution in [1.29, 1.82) is 0 Å². The number of nitrogens with two attached hydrogens (primary N) is 1. The summed E-state index contributed by atoms with van der Waals surface area (Å²) < 4.78 is 28.4. The summed E-state index contributed by atoms with van der Waals surface area (Å²) in [5.41, 5.74) is 5.22. The van der Waals surface area contributed by atoms with Gasteiger partial charge >= 0.3 is 0 Å². The first-order valence-electron chi connectivity index (χ1n) is 6.64. The number of hydrogen-bond acceptors (Lipinski definition) is 5. The van der Waals surface area contributed by atoms with Gasteiger partial charge in [0, 0.05) is 12.8 Å². The monoisotopic (exact) mass is 314 g/mol. The molecule has 7 heteroatoms. The first kappa shape index (κ1) is 17.5. The van der Waals surface area contributed by atoms with E-state index in [1.54, 1.807) is 19.1 Å². The van der Waals surface area contributed by atoms with Gasteiger partial charge in [-0.2, -0.15) is 0 Å². The molecule has 118 valence electrons. The zero-order valence-corrected chi connectivity index (χ0v) is 13.4. The normalized spacial score (nSPS) is 13.1. The minimum absolute atomic E-state index is 0.236. The molecule has 0 aliphatic rings. The maximum Gasteiger partial charge on any atom is 0.234 e. The molecule has 1 rings (SSSR count). The Hall–Kier alpha value is -1.60. The third kappa shape index (κ3) is 5.73. The molecule has 0 aliphatic carbocycles. The summed E-state index contributed by atoms with van der Waals surface area (Å²) >= 11 is 0. The second-order valence-corrected chi connectivity index (χ2v) is 7.02. The SMILES string of the molecule is C[C@@H](C(N)=O)N(C)CCCOc1cccc(S(C)(=O)=O)c1. The van der Waals surface area contributed by atoms with Gasteiger partial charge in [0.2, 0.25) is 5.91 Å². The maximum absolute atomic E-state index is 11.4. The summed E-state index contributed by atoms with van der Waals surface area (Å²) in [4.78, 5) is 13.1. The number of ether oxygens (including phenoxy) is 1. The van der Waals surface area contributed by atoms with E-state index in [-0.39, 0.29) is 16.8 Å². The van der Waals surface area contributed by atoms with Crippen molar-refractivity contribution in [3.63, 3.8) is 0 Å². The van der Waals surface area contributed by atoms with Crippen molar-refractivity contribution >= 4 is 15.7 Å². The molecule has 0 spiro atoms. The summed E-state index contributed by atoms with van der Waals surface area (Å²) in [6, 6.07) is 6.08. The standard InChI is InChI=1S/C14H22N2O4S/c1-11(14(15)17)16(2)8-5-9-20-12-6-4-7-13(10-12)21(3,18)19/h4,6-7,10-11H,5,8-9H2,1-3H3,(H2,15,17)/t11-/m0/s1. The van der Waals surface area contributed by atoms with Gasteiger partial charge in [-0.1, -0.05) is 6.07 Å². The number of likely N-dealkylation sites (N-methyl/N-ethyl adjacent to an activating group) is 1. The molecule has 0 saturated heterocycles. The third-order valence-corrected chi connectivity index (χ3v) is 4.34. The van der Waals surface area contributed by atoms with Crippen LogP contribution in [-0.2, 0) is 14.6 Å². The highest BCUT2D eigenvalue weighted by Gasteiger charge is 2.14. The average Bonchev–Trinajstić information content (AvgIpc) is 2.41. The van der Waals surface area contributed by atoms with E-state index in [0.29, 0.717) is 25.3 Å². The fraction of sp³-hybridized carbons (Fsp3) is 0.500. The molecular formula is C14H22N2O4S. The maximum atomic E-state index is 11.4. The topological polar surface area (TPSA) is 89.7 Å². The van der Waals surface area contributed by atoms with E-state index in [1.165, 1.54) is 12.1 Å². The van der Waals surface area contributed by atoms with Crippen LogP contribution < -0.4 is 10.5 Å².